The van der Waals surface area contributed by atoms with Gasteiger partial charge in [0.15, 0.2) is 72.2 Å². The fourth-order valence-corrected chi connectivity index (χ4v) is 13.7. The number of aromatic nitrogens is 16. The molecule has 0 radical (unpaired) electrons. The Morgan fingerprint density at radius 2 is 0.766 bits per heavy atom. The molecule has 0 aromatic carbocycles. The Hall–Kier alpha value is -9.56. The van der Waals surface area contributed by atoms with Crippen LogP contribution in [0.3, 0.4) is 0 Å². The van der Waals surface area contributed by atoms with Gasteiger partial charge in [-0.1, -0.05) is 27.7 Å². The summed E-state index contributed by atoms with van der Waals surface area (Å²) in [5.74, 6) is 6.51. The Bertz CT molecular complexity index is 4760. The second-order valence-corrected chi connectivity index (χ2v) is 29.8. The first-order valence-electron chi connectivity index (χ1n) is 35.1. The Balaban J connectivity index is 0.000000142. The van der Waals surface area contributed by atoms with Crippen LogP contribution in [0.1, 0.15) is 94.9 Å². The highest BCUT2D eigenvalue weighted by Gasteiger charge is 2.28. The number of nitrogens with one attached hydrogen (secondary N) is 6. The number of anilines is 8. The molecule has 2 aliphatic heterocycles. The number of pyridine rings is 4. The average Bonchev–Trinajstić information content (AvgIpc) is 1.71. The molecule has 2 unspecified atom stereocenters. The zero-order valence-corrected chi connectivity index (χ0v) is 65.7. The molecule has 14 heterocycles. The zero-order chi connectivity index (χ0) is 75.7. The van der Waals surface area contributed by atoms with Gasteiger partial charge in [0.2, 0.25) is 0 Å². The van der Waals surface area contributed by atoms with Crippen molar-refractivity contribution >= 4 is 133 Å². The van der Waals surface area contributed by atoms with Gasteiger partial charge < -0.3 is 83.0 Å². The van der Waals surface area contributed by atoms with Gasteiger partial charge in [-0.25, -0.2) is 19.9 Å². The van der Waals surface area contributed by atoms with Crippen molar-refractivity contribution in [3.8, 4) is 0 Å². The van der Waals surface area contributed by atoms with Crippen LogP contribution in [-0.4, -0.2) is 143 Å². The summed E-state index contributed by atoms with van der Waals surface area (Å²) in [6, 6.07) is 22.2. The van der Waals surface area contributed by atoms with Gasteiger partial charge in [0, 0.05) is 123 Å². The molecule has 32 nitrogen and oxygen atoms in total. The van der Waals surface area contributed by atoms with E-state index in [1.165, 1.54) is 49.8 Å². The fraction of sp³-hybridized carbons (Fsp3) is 0.380. The zero-order valence-electron chi connectivity index (χ0n) is 59.3. The number of aliphatic hydroxyl groups is 4. The van der Waals surface area contributed by atoms with Crippen LogP contribution in [-0.2, 0) is 26.2 Å². The molecule has 0 aliphatic carbocycles. The summed E-state index contributed by atoms with van der Waals surface area (Å²) >= 11 is 14.0. The van der Waals surface area contributed by atoms with Gasteiger partial charge in [0.05, 0.1) is 80.6 Å². The van der Waals surface area contributed by atoms with E-state index in [0.717, 1.165) is 151 Å². The van der Waals surface area contributed by atoms with E-state index in [1.807, 2.05) is 76.2 Å². The third kappa shape index (κ3) is 20.4. The maximum atomic E-state index is 11.5. The lowest BCUT2D eigenvalue weighted by Crippen LogP contribution is -2.42. The third-order valence-electron chi connectivity index (χ3n) is 18.1. The van der Waals surface area contributed by atoms with Crippen molar-refractivity contribution in [1.82, 2.24) is 58.4 Å². The Morgan fingerprint density at radius 1 is 0.449 bits per heavy atom. The van der Waals surface area contributed by atoms with Gasteiger partial charge in [-0.15, -0.1) is 0 Å². The van der Waals surface area contributed by atoms with Crippen molar-refractivity contribution in [3.63, 3.8) is 0 Å². The minimum atomic E-state index is -0.104. The lowest BCUT2D eigenvalue weighted by Gasteiger charge is -2.36. The first-order valence-corrected chi connectivity index (χ1v) is 38.3. The van der Waals surface area contributed by atoms with E-state index in [4.69, 9.17) is 9.97 Å². The molecule has 10 N–H and O–H groups in total. The standard InChI is InChI=1S/C19H23BrN6O2.C18H21BrN6O2.2C17H21BrN6O2/c20-16-12-22-26-17(21-11-14-4-3-7-24(28)13-14)10-18(23-19(16)26)25-8-2-1-5-15(25)6-9-27;19-15-10-21-25-16(20-9-13-4-3-6-23(27)11-13)8-17(22-18(15)25)24-7-2-1-5-14(24)12-26;2*1-11(2)14(10-25)21-15-6-16(24-17(22-15)13(18)8-20-24)19-7-12-4-3-5-23(26)9-12/h3-4,7,10,12-13,15,21,27H,1-2,5-6,8-9,11H2;3-4,6,8,10-11,14,20,26H,1-2,5,7,9,12H2;2*3-6,8-9,11,14,19,25H,7,10H2,1-2H3,(H,21,22)/t;;2*14-/m..10/s1. The van der Waals surface area contributed by atoms with Gasteiger partial charge in [-0.2, -0.15) is 57.4 Å². The average molecular weight is 1720 g/mol. The summed E-state index contributed by atoms with van der Waals surface area (Å²) in [7, 11) is 0. The molecule has 2 aliphatic rings. The monoisotopic (exact) mass is 1720 g/mol. The topological polar surface area (TPSA) is 388 Å². The third-order valence-corrected chi connectivity index (χ3v) is 20.4. The predicted octanol–water partition coefficient (Wildman–Crippen LogP) is 8.90. The molecule has 566 valence electrons. The lowest BCUT2D eigenvalue weighted by molar-refractivity contribution is -0.606. The van der Waals surface area contributed by atoms with Gasteiger partial charge in [0.25, 0.3) is 0 Å². The van der Waals surface area contributed by atoms with Crippen LogP contribution in [0, 0.1) is 32.7 Å². The van der Waals surface area contributed by atoms with Gasteiger partial charge >= 0.3 is 0 Å². The predicted molar refractivity (Wildman–Crippen MR) is 421 cm³/mol. The first-order chi connectivity index (χ1) is 51.8. The fourth-order valence-electron chi connectivity index (χ4n) is 12.3. The Kier molecular flexibility index (Phi) is 27.4. The lowest BCUT2D eigenvalue weighted by atomic mass is 9.99. The van der Waals surface area contributed by atoms with Crippen LogP contribution in [0.25, 0.3) is 22.6 Å². The number of fused-ring (bicyclic) bond motifs is 4. The minimum absolute atomic E-state index is 0.0151. The largest absolute Gasteiger partial charge is 0.619 e. The van der Waals surface area contributed by atoms with Crippen molar-refractivity contribution in [3.05, 3.63) is 208 Å². The quantitative estimate of drug-likeness (QED) is 0.0188. The molecule has 12 aromatic rings. The van der Waals surface area contributed by atoms with Gasteiger partial charge in [-0.05, 0) is 145 Å². The second-order valence-electron chi connectivity index (χ2n) is 26.4. The number of rotatable bonds is 25. The summed E-state index contributed by atoms with van der Waals surface area (Å²) in [5.41, 5.74) is 6.22. The highest BCUT2D eigenvalue weighted by Crippen LogP contribution is 2.33. The normalized spacial score (nSPS) is 15.0. The Morgan fingerprint density at radius 3 is 1.07 bits per heavy atom. The number of aliphatic hydroxyl groups excluding tert-OH is 4. The molecule has 0 amide bonds. The van der Waals surface area contributed by atoms with E-state index in [1.54, 1.807) is 73.3 Å². The summed E-state index contributed by atoms with van der Waals surface area (Å²) < 4.78 is 13.2. The molecule has 12 aromatic heterocycles. The molecular formula is C71H86Br4N24O8. The van der Waals surface area contributed by atoms with Crippen LogP contribution >= 0.6 is 63.7 Å². The van der Waals surface area contributed by atoms with Crippen LogP contribution in [0.5, 0.6) is 0 Å². The first kappa shape index (κ1) is 78.5. The number of halogens is 4. The maximum Gasteiger partial charge on any atom is 0.185 e. The van der Waals surface area contributed by atoms with Crippen molar-refractivity contribution < 1.29 is 39.3 Å². The summed E-state index contributed by atoms with van der Waals surface area (Å²) in [5, 5.41) is 121. The molecule has 0 bridgehead atoms. The minimum Gasteiger partial charge on any atom is -0.619 e. The van der Waals surface area contributed by atoms with E-state index in [-0.39, 0.29) is 62.4 Å². The van der Waals surface area contributed by atoms with E-state index in [9.17, 15) is 41.3 Å². The number of nitrogens with zero attached hydrogens (tertiary/aromatic N) is 18. The highest BCUT2D eigenvalue weighted by atomic mass is 79.9. The number of piperidine rings is 2. The SMILES string of the molecule is CC(C)[C@@H](CO)Nc1cc(NCc2ccc[n+]([O-])c2)n2ncc(Br)c2n1.CC(C)[C@H](CO)Nc1cc(NCc2ccc[n+]([O-])c2)n2ncc(Br)c2n1.[O-][n+]1cccc(CNc2cc(N3CCCCC3CCO)nc3c(Br)cnn23)c1.[O-][n+]1cccc(CNc2cc(N3CCCCC3CO)nc3c(Br)cnn23)c1. The van der Waals surface area contributed by atoms with Crippen molar-refractivity contribution in [2.75, 3.05) is 81.2 Å². The van der Waals surface area contributed by atoms with Gasteiger partial charge in [0.1, 0.15) is 46.5 Å². The molecule has 107 heavy (non-hydrogen) atoms. The van der Waals surface area contributed by atoms with Crippen molar-refractivity contribution in [2.24, 2.45) is 11.8 Å². The van der Waals surface area contributed by atoms with Crippen molar-refractivity contribution in [1.29, 1.82) is 0 Å². The van der Waals surface area contributed by atoms with Crippen molar-refractivity contribution in [2.45, 2.75) is 123 Å². The Labute approximate surface area is 650 Å². The van der Waals surface area contributed by atoms with E-state index in [0.29, 0.717) is 54.8 Å². The van der Waals surface area contributed by atoms with Crippen LogP contribution in [0.2, 0.25) is 0 Å². The molecule has 2 fully saturated rings. The van der Waals surface area contributed by atoms with Crippen LogP contribution in [0.15, 0.2) is 165 Å². The van der Waals surface area contributed by atoms with E-state index < -0.39 is 0 Å². The molecule has 2 saturated heterocycles. The molecule has 36 heteroatoms. The molecule has 4 atom stereocenters. The van der Waals surface area contributed by atoms with Crippen LogP contribution in [0.4, 0.5) is 46.5 Å². The second kappa shape index (κ2) is 37.3. The van der Waals surface area contributed by atoms with Crippen LogP contribution < -0.4 is 60.6 Å². The molecule has 0 saturated carbocycles. The summed E-state index contributed by atoms with van der Waals surface area (Å²) in [6.45, 7) is 12.2. The maximum absolute atomic E-state index is 11.5. The van der Waals surface area contributed by atoms with E-state index >= 15 is 0 Å². The van der Waals surface area contributed by atoms with E-state index in [2.05, 4.69) is 136 Å². The summed E-state index contributed by atoms with van der Waals surface area (Å²) in [4.78, 5) is 23.2. The molecule has 0 spiro atoms. The highest BCUT2D eigenvalue weighted by molar-refractivity contribution is 9.11. The summed E-state index contributed by atoms with van der Waals surface area (Å²) in [6.07, 6.45) is 26.0. The smallest absolute Gasteiger partial charge is 0.185 e. The number of hydrogen-bond donors (Lipinski definition) is 10. The molecular weight excluding hydrogens is 1640 g/mol. The van der Waals surface area contributed by atoms with Gasteiger partial charge in [-0.3, -0.25) is 0 Å². The molecule has 14 rings (SSSR count). The number of hydrogen-bond acceptors (Lipinski definition) is 24.